The van der Waals surface area contributed by atoms with E-state index >= 15 is 0 Å². The lowest BCUT2D eigenvalue weighted by Crippen LogP contribution is -2.40. The number of amides is 2. The van der Waals surface area contributed by atoms with Crippen molar-refractivity contribution in [3.05, 3.63) is 69.9 Å². The van der Waals surface area contributed by atoms with Gasteiger partial charge >= 0.3 is 0 Å². The number of likely N-dealkylation sites (tertiary alicyclic amines) is 1. The van der Waals surface area contributed by atoms with Gasteiger partial charge in [0.2, 0.25) is 0 Å². The standard InChI is InChI=1S/C24H25ClN2O3/c1-15-5-6-18(12-16(15)2)21-22(26-11-3-4-17(13-26)14-28)24(30)27(23(21)29)20-9-7-19(25)8-10-20/h5-10,12,17,28H,3-4,11,13-14H2,1-2H3. The predicted octanol–water partition coefficient (Wildman–Crippen LogP) is 3.95. The first-order valence-corrected chi connectivity index (χ1v) is 10.6. The molecule has 0 saturated carbocycles. The molecule has 1 unspecified atom stereocenters. The molecule has 1 fully saturated rings. The molecule has 2 aromatic rings. The topological polar surface area (TPSA) is 60.9 Å². The quantitative estimate of drug-likeness (QED) is 0.755. The molecule has 2 aromatic carbocycles. The van der Waals surface area contributed by atoms with Gasteiger partial charge in [0.25, 0.3) is 11.8 Å². The molecule has 1 N–H and O–H groups in total. The second-order valence-electron chi connectivity index (χ2n) is 8.08. The smallest absolute Gasteiger partial charge is 0.282 e. The number of hydrogen-bond donors (Lipinski definition) is 1. The first-order chi connectivity index (χ1) is 14.4. The SMILES string of the molecule is Cc1ccc(C2=C(N3CCCC(CO)C3)C(=O)N(c3ccc(Cl)cc3)C2=O)cc1C. The van der Waals surface area contributed by atoms with Crippen LogP contribution in [0.1, 0.15) is 29.5 Å². The number of halogens is 1. The Morgan fingerprint density at radius 1 is 1.03 bits per heavy atom. The summed E-state index contributed by atoms with van der Waals surface area (Å²) < 4.78 is 0. The molecule has 2 aliphatic rings. The second-order valence-corrected chi connectivity index (χ2v) is 8.52. The van der Waals surface area contributed by atoms with E-state index in [2.05, 4.69) is 0 Å². The van der Waals surface area contributed by atoms with Crippen molar-refractivity contribution in [3.8, 4) is 0 Å². The molecule has 2 amide bonds. The van der Waals surface area contributed by atoms with Gasteiger partial charge in [0.05, 0.1) is 11.3 Å². The Labute approximate surface area is 181 Å². The number of piperidine rings is 1. The maximum absolute atomic E-state index is 13.5. The molecule has 0 bridgehead atoms. The van der Waals surface area contributed by atoms with E-state index in [9.17, 15) is 14.7 Å². The maximum atomic E-state index is 13.5. The van der Waals surface area contributed by atoms with Crippen LogP contribution in [0.4, 0.5) is 5.69 Å². The monoisotopic (exact) mass is 424 g/mol. The van der Waals surface area contributed by atoms with E-state index in [1.165, 1.54) is 4.90 Å². The van der Waals surface area contributed by atoms with Crippen molar-refractivity contribution in [1.82, 2.24) is 4.90 Å². The van der Waals surface area contributed by atoms with E-state index < -0.39 is 0 Å². The Kier molecular flexibility index (Phi) is 5.67. The highest BCUT2D eigenvalue weighted by Gasteiger charge is 2.43. The Morgan fingerprint density at radius 3 is 2.43 bits per heavy atom. The highest BCUT2D eigenvalue weighted by atomic mass is 35.5. The Hall–Kier alpha value is -2.63. The van der Waals surface area contributed by atoms with Crippen LogP contribution in [-0.4, -0.2) is 41.5 Å². The third kappa shape index (κ3) is 3.64. The fourth-order valence-corrected chi connectivity index (χ4v) is 4.34. The van der Waals surface area contributed by atoms with E-state index in [1.807, 2.05) is 36.9 Å². The first kappa shape index (κ1) is 20.6. The minimum atomic E-state index is -0.327. The molecular weight excluding hydrogens is 400 g/mol. The molecule has 30 heavy (non-hydrogen) atoms. The summed E-state index contributed by atoms with van der Waals surface area (Å²) >= 11 is 6.00. The molecule has 156 valence electrons. The van der Waals surface area contributed by atoms with Crippen LogP contribution >= 0.6 is 11.6 Å². The number of rotatable bonds is 4. The van der Waals surface area contributed by atoms with E-state index in [1.54, 1.807) is 24.3 Å². The van der Waals surface area contributed by atoms with Gasteiger partial charge < -0.3 is 10.0 Å². The lowest BCUT2D eigenvalue weighted by atomic mass is 9.96. The number of hydrogen-bond acceptors (Lipinski definition) is 4. The number of benzene rings is 2. The highest BCUT2D eigenvalue weighted by molar-refractivity contribution is 6.45. The van der Waals surface area contributed by atoms with Crippen molar-refractivity contribution in [2.75, 3.05) is 24.6 Å². The van der Waals surface area contributed by atoms with Crippen LogP contribution in [0.25, 0.3) is 5.57 Å². The number of carbonyl (C=O) groups is 2. The molecular formula is C24H25ClN2O3. The third-order valence-corrected chi connectivity index (χ3v) is 6.29. The zero-order valence-corrected chi connectivity index (χ0v) is 17.9. The molecule has 0 aliphatic carbocycles. The Bertz CT molecular complexity index is 1030. The number of aliphatic hydroxyl groups excluding tert-OH is 1. The van der Waals surface area contributed by atoms with Crippen molar-refractivity contribution >= 4 is 34.7 Å². The summed E-state index contributed by atoms with van der Waals surface area (Å²) in [5, 5.41) is 10.2. The minimum Gasteiger partial charge on any atom is -0.396 e. The van der Waals surface area contributed by atoms with Crippen molar-refractivity contribution in [1.29, 1.82) is 0 Å². The number of aliphatic hydroxyl groups is 1. The molecule has 1 atom stereocenters. The summed E-state index contributed by atoms with van der Waals surface area (Å²) in [7, 11) is 0. The Balaban J connectivity index is 1.83. The van der Waals surface area contributed by atoms with Gasteiger partial charge in [0, 0.05) is 24.7 Å². The summed E-state index contributed by atoms with van der Waals surface area (Å²) in [6, 6.07) is 12.6. The van der Waals surface area contributed by atoms with E-state index in [0.29, 0.717) is 35.1 Å². The zero-order chi connectivity index (χ0) is 21.4. The summed E-state index contributed by atoms with van der Waals surface area (Å²) in [6.07, 6.45) is 1.79. The van der Waals surface area contributed by atoms with Crippen LogP contribution in [0, 0.1) is 19.8 Å². The van der Waals surface area contributed by atoms with Crippen LogP contribution in [0.3, 0.4) is 0 Å². The molecule has 0 radical (unpaired) electrons. The van der Waals surface area contributed by atoms with Gasteiger partial charge in [-0.2, -0.15) is 0 Å². The minimum absolute atomic E-state index is 0.0752. The molecule has 1 saturated heterocycles. The molecule has 5 nitrogen and oxygen atoms in total. The molecule has 6 heteroatoms. The van der Waals surface area contributed by atoms with Gasteiger partial charge in [-0.1, -0.05) is 29.8 Å². The molecule has 4 rings (SSSR count). The summed E-state index contributed by atoms with van der Waals surface area (Å²) in [5.74, 6) is -0.555. The lowest BCUT2D eigenvalue weighted by Gasteiger charge is -2.34. The van der Waals surface area contributed by atoms with E-state index in [4.69, 9.17) is 11.6 Å². The first-order valence-electron chi connectivity index (χ1n) is 10.2. The Morgan fingerprint density at radius 2 is 1.77 bits per heavy atom. The normalized spacial score (nSPS) is 19.8. The van der Waals surface area contributed by atoms with Crippen molar-refractivity contribution < 1.29 is 14.7 Å². The van der Waals surface area contributed by atoms with Gasteiger partial charge in [-0.25, -0.2) is 4.90 Å². The maximum Gasteiger partial charge on any atom is 0.282 e. The van der Waals surface area contributed by atoms with E-state index in [0.717, 1.165) is 29.5 Å². The average Bonchev–Trinajstić information content (AvgIpc) is 3.01. The fraction of sp³-hybridized carbons (Fsp3) is 0.333. The summed E-state index contributed by atoms with van der Waals surface area (Å²) in [6.45, 7) is 5.35. The predicted molar refractivity (Wildman–Crippen MR) is 118 cm³/mol. The summed E-state index contributed by atoms with van der Waals surface area (Å²) in [5.41, 5.74) is 4.30. The van der Waals surface area contributed by atoms with Crippen LogP contribution in [0.2, 0.25) is 5.02 Å². The van der Waals surface area contributed by atoms with Crippen LogP contribution in [-0.2, 0) is 9.59 Å². The van der Waals surface area contributed by atoms with Crippen molar-refractivity contribution in [2.45, 2.75) is 26.7 Å². The summed E-state index contributed by atoms with van der Waals surface area (Å²) in [4.78, 5) is 30.3. The van der Waals surface area contributed by atoms with Crippen molar-refractivity contribution in [2.24, 2.45) is 5.92 Å². The molecule has 2 heterocycles. The van der Waals surface area contributed by atoms with Gasteiger partial charge in [0.15, 0.2) is 0 Å². The van der Waals surface area contributed by atoms with Gasteiger partial charge in [-0.3, -0.25) is 9.59 Å². The van der Waals surface area contributed by atoms with Gasteiger partial charge in [0.1, 0.15) is 5.70 Å². The lowest BCUT2D eigenvalue weighted by molar-refractivity contribution is -0.120. The molecule has 0 aromatic heterocycles. The number of aryl methyl sites for hydroxylation is 2. The van der Waals surface area contributed by atoms with E-state index in [-0.39, 0.29) is 24.3 Å². The number of imide groups is 1. The zero-order valence-electron chi connectivity index (χ0n) is 17.2. The largest absolute Gasteiger partial charge is 0.396 e. The fourth-order valence-electron chi connectivity index (χ4n) is 4.21. The second kappa shape index (κ2) is 8.25. The van der Waals surface area contributed by atoms with Crippen molar-refractivity contribution in [3.63, 3.8) is 0 Å². The third-order valence-electron chi connectivity index (χ3n) is 6.03. The van der Waals surface area contributed by atoms with Crippen LogP contribution in [0.15, 0.2) is 48.2 Å². The highest BCUT2D eigenvalue weighted by Crippen LogP contribution is 2.37. The van der Waals surface area contributed by atoms with Crippen LogP contribution < -0.4 is 4.90 Å². The number of nitrogens with zero attached hydrogens (tertiary/aromatic N) is 2. The molecule has 2 aliphatic heterocycles. The molecule has 0 spiro atoms. The van der Waals surface area contributed by atoms with Gasteiger partial charge in [-0.15, -0.1) is 0 Å². The number of anilines is 1. The number of carbonyl (C=O) groups excluding carboxylic acids is 2. The van der Waals surface area contributed by atoms with Crippen LogP contribution in [0.5, 0.6) is 0 Å². The van der Waals surface area contributed by atoms with Gasteiger partial charge in [-0.05, 0) is 73.6 Å². The average molecular weight is 425 g/mol.